The Bertz CT molecular complexity index is 723. The zero-order valence-electron chi connectivity index (χ0n) is 11.5. The predicted octanol–water partition coefficient (Wildman–Crippen LogP) is 4.64. The van der Waals surface area contributed by atoms with Gasteiger partial charge in [0.15, 0.2) is 5.82 Å². The molecule has 0 spiro atoms. The molecule has 0 saturated carbocycles. The van der Waals surface area contributed by atoms with Crippen LogP contribution in [-0.2, 0) is 6.42 Å². The zero-order valence-corrected chi connectivity index (χ0v) is 12.4. The number of aryl methyl sites for hydroxylation is 1. The molecule has 0 aliphatic rings. The van der Waals surface area contributed by atoms with Crippen molar-refractivity contribution < 1.29 is 4.52 Å². The minimum atomic E-state index is 0.156. The number of rotatable bonds is 4. The number of nitrogens with zero attached hydrogens (tertiary/aromatic N) is 2. The van der Waals surface area contributed by atoms with Gasteiger partial charge in [-0.05, 0) is 29.8 Å². The molecule has 0 bridgehead atoms. The Morgan fingerprint density at radius 3 is 2.70 bits per heavy atom. The lowest BCUT2D eigenvalue weighted by Gasteiger charge is -2.07. The van der Waals surface area contributed by atoms with E-state index in [0.29, 0.717) is 5.89 Å². The summed E-state index contributed by atoms with van der Waals surface area (Å²) < 4.78 is 5.30. The van der Waals surface area contributed by atoms with Gasteiger partial charge >= 0.3 is 0 Å². The van der Waals surface area contributed by atoms with Gasteiger partial charge in [0.25, 0.3) is 0 Å². The molecule has 3 rings (SSSR count). The van der Waals surface area contributed by atoms with Crippen LogP contribution in [0.2, 0.25) is 0 Å². The summed E-state index contributed by atoms with van der Waals surface area (Å²) in [4.78, 5) is 5.60. The molecule has 0 N–H and O–H groups in total. The molecule has 0 amide bonds. The average molecular weight is 284 g/mol. The highest BCUT2D eigenvalue weighted by atomic mass is 32.2. The van der Waals surface area contributed by atoms with Crippen LogP contribution in [0.4, 0.5) is 0 Å². The van der Waals surface area contributed by atoms with E-state index in [0.717, 1.165) is 12.2 Å². The van der Waals surface area contributed by atoms with Crippen LogP contribution in [0.1, 0.15) is 30.8 Å². The molecule has 2 aromatic carbocycles. The third-order valence-electron chi connectivity index (χ3n) is 3.18. The highest BCUT2D eigenvalue weighted by molar-refractivity contribution is 7.99. The molecular weight excluding hydrogens is 268 g/mol. The van der Waals surface area contributed by atoms with Crippen molar-refractivity contribution in [3.8, 4) is 0 Å². The summed E-state index contributed by atoms with van der Waals surface area (Å²) in [7, 11) is 0. The van der Waals surface area contributed by atoms with E-state index in [1.54, 1.807) is 11.8 Å². The van der Waals surface area contributed by atoms with E-state index in [4.69, 9.17) is 4.52 Å². The van der Waals surface area contributed by atoms with E-state index in [1.807, 2.05) is 6.92 Å². The summed E-state index contributed by atoms with van der Waals surface area (Å²) in [5.41, 5.74) is 0. The highest BCUT2D eigenvalue weighted by Gasteiger charge is 2.15. The van der Waals surface area contributed by atoms with Gasteiger partial charge in [0.1, 0.15) is 0 Å². The molecule has 4 heteroatoms. The maximum atomic E-state index is 5.30. The summed E-state index contributed by atoms with van der Waals surface area (Å²) in [6.45, 7) is 4.11. The molecule has 3 aromatic rings. The number of benzene rings is 2. The number of thioether (sulfide) groups is 1. The van der Waals surface area contributed by atoms with Crippen molar-refractivity contribution >= 4 is 22.5 Å². The topological polar surface area (TPSA) is 38.9 Å². The fourth-order valence-electron chi connectivity index (χ4n) is 2.07. The molecule has 3 nitrogen and oxygen atoms in total. The summed E-state index contributed by atoms with van der Waals surface area (Å²) in [5.74, 6) is 1.46. The summed E-state index contributed by atoms with van der Waals surface area (Å²) in [6.07, 6.45) is 0.802. The number of hydrogen-bond donors (Lipinski definition) is 0. The molecule has 0 radical (unpaired) electrons. The van der Waals surface area contributed by atoms with Gasteiger partial charge in [-0.2, -0.15) is 4.98 Å². The van der Waals surface area contributed by atoms with Crippen molar-refractivity contribution in [2.24, 2.45) is 0 Å². The maximum absolute atomic E-state index is 5.30. The van der Waals surface area contributed by atoms with Crippen LogP contribution < -0.4 is 0 Å². The first kappa shape index (κ1) is 13.2. The lowest BCUT2D eigenvalue weighted by molar-refractivity contribution is 0.375. The minimum absolute atomic E-state index is 0.156. The van der Waals surface area contributed by atoms with Gasteiger partial charge in [0.2, 0.25) is 5.89 Å². The Labute approximate surface area is 122 Å². The van der Waals surface area contributed by atoms with E-state index in [-0.39, 0.29) is 5.25 Å². The van der Waals surface area contributed by atoms with Gasteiger partial charge in [-0.25, -0.2) is 0 Å². The SMILES string of the molecule is CCc1noc(C(C)Sc2ccc3ccccc3c2)n1. The van der Waals surface area contributed by atoms with Crippen LogP contribution >= 0.6 is 11.8 Å². The smallest absolute Gasteiger partial charge is 0.239 e. The molecule has 1 unspecified atom stereocenters. The first-order valence-electron chi connectivity index (χ1n) is 6.74. The molecule has 0 aliphatic carbocycles. The summed E-state index contributed by atoms with van der Waals surface area (Å²) in [6, 6.07) is 14.9. The number of aromatic nitrogens is 2. The molecule has 102 valence electrons. The lowest BCUT2D eigenvalue weighted by Crippen LogP contribution is -1.90. The molecule has 0 aliphatic heterocycles. The van der Waals surface area contributed by atoms with Crippen molar-refractivity contribution in [1.82, 2.24) is 10.1 Å². The Hall–Kier alpha value is -1.81. The summed E-state index contributed by atoms with van der Waals surface area (Å²) in [5, 5.41) is 6.62. The monoisotopic (exact) mass is 284 g/mol. The molecule has 0 fully saturated rings. The van der Waals surface area contributed by atoms with E-state index in [1.165, 1.54) is 15.7 Å². The lowest BCUT2D eigenvalue weighted by atomic mass is 10.1. The second-order valence-electron chi connectivity index (χ2n) is 4.67. The average Bonchev–Trinajstić information content (AvgIpc) is 2.96. The minimum Gasteiger partial charge on any atom is -0.338 e. The number of fused-ring (bicyclic) bond motifs is 1. The maximum Gasteiger partial charge on any atom is 0.239 e. The van der Waals surface area contributed by atoms with Crippen LogP contribution in [0.3, 0.4) is 0 Å². The Morgan fingerprint density at radius 1 is 1.15 bits per heavy atom. The third kappa shape index (κ3) is 2.70. The van der Waals surface area contributed by atoms with E-state index in [9.17, 15) is 0 Å². The normalized spacial score (nSPS) is 12.7. The Kier molecular flexibility index (Phi) is 3.74. The van der Waals surface area contributed by atoms with Gasteiger partial charge in [0.05, 0.1) is 5.25 Å². The first-order valence-corrected chi connectivity index (χ1v) is 7.62. The van der Waals surface area contributed by atoms with Crippen LogP contribution in [0, 0.1) is 0 Å². The van der Waals surface area contributed by atoms with Gasteiger partial charge < -0.3 is 4.52 Å². The van der Waals surface area contributed by atoms with Crippen LogP contribution in [0.25, 0.3) is 10.8 Å². The third-order valence-corrected chi connectivity index (χ3v) is 4.26. The molecule has 20 heavy (non-hydrogen) atoms. The van der Waals surface area contributed by atoms with Crippen molar-refractivity contribution in [2.75, 3.05) is 0 Å². The first-order chi connectivity index (χ1) is 9.76. The predicted molar refractivity (Wildman–Crippen MR) is 81.9 cm³/mol. The molecule has 1 aromatic heterocycles. The highest BCUT2D eigenvalue weighted by Crippen LogP contribution is 2.35. The fraction of sp³-hybridized carbons (Fsp3) is 0.250. The zero-order chi connectivity index (χ0) is 13.9. The van der Waals surface area contributed by atoms with E-state index < -0.39 is 0 Å². The largest absolute Gasteiger partial charge is 0.338 e. The molecule has 0 saturated heterocycles. The molecule has 1 heterocycles. The van der Waals surface area contributed by atoms with Gasteiger partial charge in [0, 0.05) is 11.3 Å². The summed E-state index contributed by atoms with van der Waals surface area (Å²) >= 11 is 1.74. The van der Waals surface area contributed by atoms with Crippen LogP contribution in [0.15, 0.2) is 51.9 Å². The Morgan fingerprint density at radius 2 is 1.95 bits per heavy atom. The van der Waals surface area contributed by atoms with Crippen LogP contribution in [0.5, 0.6) is 0 Å². The van der Waals surface area contributed by atoms with Crippen molar-refractivity contribution in [1.29, 1.82) is 0 Å². The fourth-order valence-corrected chi connectivity index (χ4v) is 3.02. The molecular formula is C16H16N2OS. The van der Waals surface area contributed by atoms with Crippen molar-refractivity contribution in [3.05, 3.63) is 54.2 Å². The van der Waals surface area contributed by atoms with Gasteiger partial charge in [-0.3, -0.25) is 0 Å². The quantitative estimate of drug-likeness (QED) is 0.654. The van der Waals surface area contributed by atoms with Gasteiger partial charge in [-0.15, -0.1) is 11.8 Å². The van der Waals surface area contributed by atoms with Crippen molar-refractivity contribution in [3.63, 3.8) is 0 Å². The second kappa shape index (κ2) is 5.67. The van der Waals surface area contributed by atoms with E-state index >= 15 is 0 Å². The standard InChI is InChI=1S/C16H16N2OS/c1-3-15-17-16(19-18-15)11(2)20-14-9-8-12-6-4-5-7-13(12)10-14/h4-11H,3H2,1-2H3. The second-order valence-corrected chi connectivity index (χ2v) is 6.09. The van der Waals surface area contributed by atoms with Crippen LogP contribution in [-0.4, -0.2) is 10.1 Å². The van der Waals surface area contributed by atoms with E-state index in [2.05, 4.69) is 59.5 Å². The van der Waals surface area contributed by atoms with Gasteiger partial charge in [-0.1, -0.05) is 42.4 Å². The Balaban J connectivity index is 1.81. The number of hydrogen-bond acceptors (Lipinski definition) is 4. The molecule has 1 atom stereocenters. The van der Waals surface area contributed by atoms with Crippen molar-refractivity contribution in [2.45, 2.75) is 30.4 Å².